The van der Waals surface area contributed by atoms with E-state index in [2.05, 4.69) is 27.5 Å². The van der Waals surface area contributed by atoms with E-state index >= 15 is 0 Å². The number of carbonyl (C=O) groups excluding carboxylic acids is 1. The van der Waals surface area contributed by atoms with Crippen LogP contribution < -0.4 is 10.6 Å². The Kier molecular flexibility index (Phi) is 6.54. The number of aromatic nitrogens is 2. The first-order valence-electron chi connectivity index (χ1n) is 8.37. The highest BCUT2D eigenvalue weighted by Crippen LogP contribution is 2.30. The normalized spacial score (nSPS) is 11.3. The Labute approximate surface area is 150 Å². The van der Waals surface area contributed by atoms with Crippen molar-refractivity contribution in [1.82, 2.24) is 15.3 Å². The number of carbonyl (C=O) groups is 1. The fraction of sp³-hybridized carbons (Fsp3) is 0.389. The molecule has 0 saturated carbocycles. The third kappa shape index (κ3) is 5.72. The Bertz CT molecular complexity index is 745. The molecule has 0 spiro atoms. The SMILES string of the molecule is CCCCCNC(=O)c1cc(Nc2ccc(C(F)(F)F)cc2)nc(C)n1. The van der Waals surface area contributed by atoms with Gasteiger partial charge in [-0.05, 0) is 37.6 Å². The molecule has 2 aromatic rings. The fourth-order valence-corrected chi connectivity index (χ4v) is 2.31. The second-order valence-corrected chi connectivity index (χ2v) is 5.85. The average Bonchev–Trinajstić information content (AvgIpc) is 2.57. The smallest absolute Gasteiger partial charge is 0.351 e. The lowest BCUT2D eigenvalue weighted by molar-refractivity contribution is -0.137. The van der Waals surface area contributed by atoms with Gasteiger partial charge < -0.3 is 10.6 Å². The van der Waals surface area contributed by atoms with E-state index in [4.69, 9.17) is 0 Å². The zero-order valence-electron chi connectivity index (χ0n) is 14.7. The lowest BCUT2D eigenvalue weighted by Gasteiger charge is -2.11. The van der Waals surface area contributed by atoms with Crippen molar-refractivity contribution in [3.63, 3.8) is 0 Å². The van der Waals surface area contributed by atoms with Gasteiger partial charge in [0.1, 0.15) is 17.3 Å². The van der Waals surface area contributed by atoms with Crippen molar-refractivity contribution in [1.29, 1.82) is 0 Å². The second-order valence-electron chi connectivity index (χ2n) is 5.85. The summed E-state index contributed by atoms with van der Waals surface area (Å²) >= 11 is 0. The number of unbranched alkanes of at least 4 members (excludes halogenated alkanes) is 2. The first kappa shape index (κ1) is 19.7. The van der Waals surface area contributed by atoms with Crippen LogP contribution in [0.3, 0.4) is 0 Å². The topological polar surface area (TPSA) is 66.9 Å². The lowest BCUT2D eigenvalue weighted by Crippen LogP contribution is -2.25. The molecule has 0 bridgehead atoms. The summed E-state index contributed by atoms with van der Waals surface area (Å²) in [5, 5.41) is 5.69. The van der Waals surface area contributed by atoms with Gasteiger partial charge in [-0.3, -0.25) is 4.79 Å². The number of anilines is 2. The van der Waals surface area contributed by atoms with Gasteiger partial charge in [-0.15, -0.1) is 0 Å². The van der Waals surface area contributed by atoms with Crippen molar-refractivity contribution in [3.05, 3.63) is 47.4 Å². The van der Waals surface area contributed by atoms with Crippen LogP contribution in [0.2, 0.25) is 0 Å². The van der Waals surface area contributed by atoms with Crippen molar-refractivity contribution in [2.24, 2.45) is 0 Å². The number of nitrogens with zero attached hydrogens (tertiary/aromatic N) is 2. The van der Waals surface area contributed by atoms with Crippen LogP contribution in [0.5, 0.6) is 0 Å². The first-order valence-corrected chi connectivity index (χ1v) is 8.37. The molecule has 140 valence electrons. The molecule has 8 heteroatoms. The quantitative estimate of drug-likeness (QED) is 0.710. The zero-order chi connectivity index (χ0) is 19.2. The summed E-state index contributed by atoms with van der Waals surface area (Å²) in [5.41, 5.74) is -0.0807. The summed E-state index contributed by atoms with van der Waals surface area (Å²) in [7, 11) is 0. The Balaban J connectivity index is 2.08. The number of halogens is 3. The van der Waals surface area contributed by atoms with Crippen LogP contribution >= 0.6 is 0 Å². The van der Waals surface area contributed by atoms with Gasteiger partial charge >= 0.3 is 6.18 Å². The third-order valence-corrected chi connectivity index (χ3v) is 3.62. The third-order valence-electron chi connectivity index (χ3n) is 3.62. The van der Waals surface area contributed by atoms with E-state index in [0.29, 0.717) is 23.9 Å². The number of amides is 1. The molecule has 0 aliphatic rings. The van der Waals surface area contributed by atoms with Crippen molar-refractivity contribution < 1.29 is 18.0 Å². The number of hydrogen-bond donors (Lipinski definition) is 2. The maximum absolute atomic E-state index is 12.6. The number of aryl methyl sites for hydroxylation is 1. The van der Waals surface area contributed by atoms with Crippen molar-refractivity contribution in [2.45, 2.75) is 39.3 Å². The number of alkyl halides is 3. The van der Waals surface area contributed by atoms with Gasteiger partial charge in [0.05, 0.1) is 5.56 Å². The first-order chi connectivity index (χ1) is 12.3. The van der Waals surface area contributed by atoms with E-state index in [0.717, 1.165) is 31.4 Å². The molecule has 0 saturated heterocycles. The standard InChI is InChI=1S/C18H21F3N4O/c1-3-4-5-10-22-17(26)15-11-16(24-12(2)23-15)25-14-8-6-13(7-9-14)18(19,20)21/h6-9,11H,3-5,10H2,1-2H3,(H,22,26)(H,23,24,25). The molecule has 2 N–H and O–H groups in total. The molecular formula is C18H21F3N4O. The molecule has 5 nitrogen and oxygen atoms in total. The highest BCUT2D eigenvalue weighted by Gasteiger charge is 2.29. The highest BCUT2D eigenvalue weighted by molar-refractivity contribution is 5.93. The minimum atomic E-state index is -4.38. The van der Waals surface area contributed by atoms with Crippen molar-refractivity contribution >= 4 is 17.4 Å². The Hall–Kier alpha value is -2.64. The maximum Gasteiger partial charge on any atom is 0.416 e. The van der Waals surface area contributed by atoms with Crippen LogP contribution in [0.15, 0.2) is 30.3 Å². The highest BCUT2D eigenvalue weighted by atomic mass is 19.4. The number of rotatable bonds is 7. The molecule has 1 heterocycles. The molecule has 26 heavy (non-hydrogen) atoms. The van der Waals surface area contributed by atoms with Gasteiger partial charge in [-0.1, -0.05) is 19.8 Å². The molecule has 0 unspecified atom stereocenters. The summed E-state index contributed by atoms with van der Waals surface area (Å²) in [6, 6.07) is 6.06. The summed E-state index contributed by atoms with van der Waals surface area (Å²) in [6.45, 7) is 4.29. The van der Waals surface area contributed by atoms with E-state index in [9.17, 15) is 18.0 Å². The largest absolute Gasteiger partial charge is 0.416 e. The van der Waals surface area contributed by atoms with Gasteiger partial charge in [0.25, 0.3) is 5.91 Å². The molecule has 0 aliphatic heterocycles. The van der Waals surface area contributed by atoms with Gasteiger partial charge in [0, 0.05) is 18.3 Å². The van der Waals surface area contributed by atoms with Crippen molar-refractivity contribution in [3.8, 4) is 0 Å². The minimum absolute atomic E-state index is 0.211. The fourth-order valence-electron chi connectivity index (χ4n) is 2.31. The summed E-state index contributed by atoms with van der Waals surface area (Å²) < 4.78 is 37.8. The van der Waals surface area contributed by atoms with Crippen LogP contribution in [-0.2, 0) is 6.18 Å². The molecule has 1 amide bonds. The molecule has 0 atom stereocenters. The van der Waals surface area contributed by atoms with Crippen LogP contribution in [-0.4, -0.2) is 22.4 Å². The Morgan fingerprint density at radius 1 is 1.12 bits per heavy atom. The van der Waals surface area contributed by atoms with Crippen LogP contribution in [0, 0.1) is 6.92 Å². The van der Waals surface area contributed by atoms with E-state index < -0.39 is 11.7 Å². The number of hydrogen-bond acceptors (Lipinski definition) is 4. The van der Waals surface area contributed by atoms with Crippen LogP contribution in [0.1, 0.15) is 48.1 Å². The van der Waals surface area contributed by atoms with Gasteiger partial charge in [0.2, 0.25) is 0 Å². The molecule has 0 radical (unpaired) electrons. The second kappa shape index (κ2) is 8.64. The van der Waals surface area contributed by atoms with E-state index in [1.54, 1.807) is 6.92 Å². The van der Waals surface area contributed by atoms with E-state index in [-0.39, 0.29) is 11.6 Å². The van der Waals surface area contributed by atoms with Gasteiger partial charge in [-0.25, -0.2) is 9.97 Å². The Morgan fingerprint density at radius 2 is 1.81 bits per heavy atom. The molecule has 0 fully saturated rings. The molecular weight excluding hydrogens is 345 g/mol. The minimum Gasteiger partial charge on any atom is -0.351 e. The Morgan fingerprint density at radius 3 is 2.42 bits per heavy atom. The van der Waals surface area contributed by atoms with Crippen LogP contribution in [0.25, 0.3) is 0 Å². The summed E-state index contributed by atoms with van der Waals surface area (Å²) in [6.07, 6.45) is -1.40. The van der Waals surface area contributed by atoms with Gasteiger partial charge in [-0.2, -0.15) is 13.2 Å². The van der Waals surface area contributed by atoms with Gasteiger partial charge in [0.15, 0.2) is 0 Å². The predicted octanol–water partition coefficient (Wildman–Crippen LogP) is 4.47. The monoisotopic (exact) mass is 366 g/mol. The van der Waals surface area contributed by atoms with Crippen molar-refractivity contribution in [2.75, 3.05) is 11.9 Å². The average molecular weight is 366 g/mol. The number of nitrogens with one attached hydrogen (secondary N) is 2. The number of benzene rings is 1. The molecule has 1 aromatic heterocycles. The summed E-state index contributed by atoms with van der Waals surface area (Å²) in [5.74, 6) is 0.429. The summed E-state index contributed by atoms with van der Waals surface area (Å²) in [4.78, 5) is 20.4. The van der Waals surface area contributed by atoms with E-state index in [1.165, 1.54) is 18.2 Å². The maximum atomic E-state index is 12.6. The van der Waals surface area contributed by atoms with E-state index in [1.807, 2.05) is 0 Å². The molecule has 1 aromatic carbocycles. The molecule has 2 rings (SSSR count). The van der Waals surface area contributed by atoms with Crippen LogP contribution in [0.4, 0.5) is 24.7 Å². The zero-order valence-corrected chi connectivity index (χ0v) is 14.7. The lowest BCUT2D eigenvalue weighted by atomic mass is 10.2. The predicted molar refractivity (Wildman–Crippen MR) is 93.4 cm³/mol. The molecule has 0 aliphatic carbocycles.